The van der Waals surface area contributed by atoms with Crippen molar-refractivity contribution in [3.8, 4) is 23.3 Å². The van der Waals surface area contributed by atoms with Crippen molar-refractivity contribution < 1.29 is 28.7 Å². The number of carbonyl (C=O) groups is 4. The average Bonchev–Trinajstić information content (AvgIpc) is 3.98. The van der Waals surface area contributed by atoms with Crippen molar-refractivity contribution in [2.75, 3.05) is 24.4 Å². The van der Waals surface area contributed by atoms with Crippen LogP contribution >= 0.6 is 0 Å². The molecule has 18 nitrogen and oxygen atoms in total. The first-order valence-electron chi connectivity index (χ1n) is 20.1. The van der Waals surface area contributed by atoms with Gasteiger partial charge in [0.25, 0.3) is 11.8 Å². The highest BCUT2D eigenvalue weighted by molar-refractivity contribution is 6.05. The van der Waals surface area contributed by atoms with Crippen LogP contribution in [-0.4, -0.2) is 76.0 Å². The van der Waals surface area contributed by atoms with Gasteiger partial charge >= 0.3 is 0 Å². The summed E-state index contributed by atoms with van der Waals surface area (Å²) >= 11 is 0. The number of benzene rings is 2. The molecule has 6 N–H and O–H groups in total. The normalized spacial score (nSPS) is 12.7. The highest BCUT2D eigenvalue weighted by atomic mass is 16.5. The van der Waals surface area contributed by atoms with E-state index in [0.717, 1.165) is 6.42 Å². The molecule has 2 aromatic carbocycles. The van der Waals surface area contributed by atoms with Crippen LogP contribution in [0.4, 0.5) is 11.9 Å². The van der Waals surface area contributed by atoms with Gasteiger partial charge in [-0.1, -0.05) is 30.4 Å². The summed E-state index contributed by atoms with van der Waals surface area (Å²) in [6.45, 7) is 8.71. The Morgan fingerprint density at radius 3 is 1.69 bits per heavy atom. The molecule has 61 heavy (non-hydrogen) atoms. The molecule has 0 spiro atoms. The number of aryl methyl sites for hydroxylation is 4. The van der Waals surface area contributed by atoms with Gasteiger partial charge in [-0.25, -0.2) is 9.97 Å². The lowest BCUT2D eigenvalue weighted by Gasteiger charge is -2.22. The van der Waals surface area contributed by atoms with Crippen molar-refractivity contribution in [2.24, 2.45) is 17.4 Å². The average molecular weight is 829 g/mol. The fraction of sp³-hybridized carbons (Fsp3) is 0.349. The van der Waals surface area contributed by atoms with Crippen LogP contribution < -0.4 is 31.6 Å². The second-order valence-corrected chi connectivity index (χ2v) is 14.7. The van der Waals surface area contributed by atoms with Gasteiger partial charge in [0.15, 0.2) is 0 Å². The molecule has 18 heteroatoms. The van der Waals surface area contributed by atoms with E-state index in [1.54, 1.807) is 56.6 Å². The Morgan fingerprint density at radius 1 is 0.754 bits per heavy atom. The molecule has 0 unspecified atom stereocenters. The number of hydrogen-bond acceptors (Lipinski definition) is 10. The first kappa shape index (κ1) is 41.7. The molecular formula is C43H48N12O6. The molecule has 4 amide bonds. The fourth-order valence-corrected chi connectivity index (χ4v) is 7.26. The quantitative estimate of drug-likeness (QED) is 0.0755. The van der Waals surface area contributed by atoms with E-state index in [0.29, 0.717) is 75.3 Å². The summed E-state index contributed by atoms with van der Waals surface area (Å²) in [4.78, 5) is 61.6. The predicted molar refractivity (Wildman–Crippen MR) is 229 cm³/mol. The molecule has 1 aliphatic carbocycles. The van der Waals surface area contributed by atoms with E-state index in [-0.39, 0.29) is 42.7 Å². The third kappa shape index (κ3) is 8.81. The summed E-state index contributed by atoms with van der Waals surface area (Å²) in [5.74, 6) is 5.68. The molecular weight excluding hydrogens is 781 g/mol. The van der Waals surface area contributed by atoms with Crippen molar-refractivity contribution in [2.45, 2.75) is 79.6 Å². The van der Waals surface area contributed by atoms with E-state index in [2.05, 4.69) is 32.7 Å². The van der Waals surface area contributed by atoms with Crippen LogP contribution in [0, 0.1) is 31.6 Å². The maximum absolute atomic E-state index is 13.8. The maximum Gasteiger partial charge on any atom is 0.276 e. The molecule has 0 aliphatic heterocycles. The van der Waals surface area contributed by atoms with Crippen LogP contribution in [-0.2, 0) is 26.2 Å². The van der Waals surface area contributed by atoms with Gasteiger partial charge in [0.2, 0.25) is 23.7 Å². The van der Waals surface area contributed by atoms with E-state index in [9.17, 15) is 19.2 Å². The van der Waals surface area contributed by atoms with E-state index >= 15 is 0 Å². The molecule has 0 atom stereocenters. The van der Waals surface area contributed by atoms with Crippen LogP contribution in [0.5, 0.6) is 11.5 Å². The van der Waals surface area contributed by atoms with Crippen LogP contribution in [0.3, 0.4) is 0 Å². The first-order valence-corrected chi connectivity index (χ1v) is 20.1. The number of amides is 4. The van der Waals surface area contributed by atoms with E-state index < -0.39 is 23.6 Å². The Bertz CT molecular complexity index is 2770. The summed E-state index contributed by atoms with van der Waals surface area (Å²) in [6, 6.07) is 9.53. The molecule has 0 radical (unpaired) electrons. The van der Waals surface area contributed by atoms with Gasteiger partial charge in [-0.05, 0) is 82.9 Å². The topological polar surface area (TPSA) is 234 Å². The molecule has 0 bridgehead atoms. The predicted octanol–water partition coefficient (Wildman–Crippen LogP) is 4.98. The monoisotopic (exact) mass is 828 g/mol. The Morgan fingerprint density at radius 2 is 1.25 bits per heavy atom. The van der Waals surface area contributed by atoms with Crippen LogP contribution in [0.25, 0.3) is 22.1 Å². The SMILES string of the molecule is CCn1nc(C)cc1C(=O)Nc1nc2cc(C(N)=O)cc(OC)c2n1C/C=C/Cn1c(NC(=O)c2cc(C)nn2CC)nc2cc(C(N)=O)cc(OCC#CCC3CCC3)c21. The highest BCUT2D eigenvalue weighted by Gasteiger charge is 2.24. The number of ether oxygens (including phenoxy) is 2. The number of imidazole rings is 2. The second kappa shape index (κ2) is 17.8. The molecule has 1 aliphatic rings. The lowest BCUT2D eigenvalue weighted by molar-refractivity contribution is 0.0991. The minimum atomic E-state index is -0.673. The number of nitrogens with two attached hydrogens (primary N) is 2. The smallest absolute Gasteiger partial charge is 0.276 e. The summed E-state index contributed by atoms with van der Waals surface area (Å²) in [7, 11) is 1.46. The number of aromatic nitrogens is 8. The number of rotatable bonds is 16. The van der Waals surface area contributed by atoms with Gasteiger partial charge in [0, 0.05) is 43.7 Å². The number of carbonyl (C=O) groups excluding carboxylic acids is 4. The largest absolute Gasteiger partial charge is 0.494 e. The lowest BCUT2D eigenvalue weighted by Crippen LogP contribution is -2.20. The number of methoxy groups -OCH3 is 1. The summed E-state index contributed by atoms with van der Waals surface area (Å²) in [5, 5.41) is 14.7. The Labute approximate surface area is 351 Å². The summed E-state index contributed by atoms with van der Waals surface area (Å²) < 4.78 is 18.6. The zero-order valence-corrected chi connectivity index (χ0v) is 34.7. The molecule has 4 heterocycles. The number of nitrogens with zero attached hydrogens (tertiary/aromatic N) is 8. The van der Waals surface area contributed by atoms with Gasteiger partial charge in [-0.2, -0.15) is 10.2 Å². The van der Waals surface area contributed by atoms with E-state index in [1.165, 1.54) is 38.5 Å². The lowest BCUT2D eigenvalue weighted by atomic mass is 9.83. The number of primary amides is 2. The number of anilines is 2. The number of fused-ring (bicyclic) bond motifs is 2. The third-order valence-corrected chi connectivity index (χ3v) is 10.5. The minimum absolute atomic E-state index is 0.0574. The first-order chi connectivity index (χ1) is 29.4. The van der Waals surface area contributed by atoms with Crippen molar-refractivity contribution >= 4 is 57.6 Å². The van der Waals surface area contributed by atoms with Crippen LogP contribution in [0.15, 0.2) is 48.6 Å². The highest BCUT2D eigenvalue weighted by Crippen LogP contribution is 2.33. The standard InChI is InChI=1S/C43H48N12O6/c1-6-54-32(19-25(3)50-54)40(58)48-42-46-30-21-28(38(44)56)23-34(60-5)36(30)52(42)16-9-10-17-53-37-31(47-43(53)49-41(59)33-20-26(4)51-55(33)7-2)22-29(39(45)57)24-35(37)61-18-11-8-13-27-14-12-15-27/h9-10,19-24,27H,6-7,12-18H2,1-5H3,(H2,44,56)(H2,45,57)(H,46,48,58)(H,47,49,59)/b10-9+. The Balaban J connectivity index is 1.26. The van der Waals surface area contributed by atoms with Gasteiger partial charge in [-0.15, -0.1) is 0 Å². The summed E-state index contributed by atoms with van der Waals surface area (Å²) in [5.41, 5.74) is 15.5. The molecule has 316 valence electrons. The van der Waals surface area contributed by atoms with Gasteiger partial charge in [-0.3, -0.25) is 39.2 Å². The third-order valence-electron chi connectivity index (χ3n) is 10.5. The number of nitrogens with one attached hydrogen (secondary N) is 2. The molecule has 1 saturated carbocycles. The number of hydrogen-bond donors (Lipinski definition) is 4. The Hall–Kier alpha value is -7.42. The van der Waals surface area contributed by atoms with Crippen molar-refractivity contribution in [3.05, 3.63) is 82.5 Å². The minimum Gasteiger partial charge on any atom is -0.494 e. The van der Waals surface area contributed by atoms with E-state index in [1.807, 2.05) is 26.0 Å². The molecule has 7 rings (SSSR count). The fourth-order valence-electron chi connectivity index (χ4n) is 7.26. The van der Waals surface area contributed by atoms with Gasteiger partial charge < -0.3 is 30.1 Å². The molecule has 4 aromatic heterocycles. The summed E-state index contributed by atoms with van der Waals surface area (Å²) in [6.07, 6.45) is 8.07. The zero-order chi connectivity index (χ0) is 43.4. The molecule has 1 fully saturated rings. The second-order valence-electron chi connectivity index (χ2n) is 14.7. The van der Waals surface area contributed by atoms with Crippen molar-refractivity contribution in [1.82, 2.24) is 38.7 Å². The molecule has 6 aromatic rings. The van der Waals surface area contributed by atoms with Crippen molar-refractivity contribution in [3.63, 3.8) is 0 Å². The number of allylic oxidation sites excluding steroid dienone is 2. The molecule has 0 saturated heterocycles. The van der Waals surface area contributed by atoms with Crippen molar-refractivity contribution in [1.29, 1.82) is 0 Å². The maximum atomic E-state index is 13.8. The van der Waals surface area contributed by atoms with Crippen LogP contribution in [0.2, 0.25) is 0 Å². The zero-order valence-electron chi connectivity index (χ0n) is 34.7. The van der Waals surface area contributed by atoms with Gasteiger partial charge in [0.1, 0.15) is 40.5 Å². The van der Waals surface area contributed by atoms with Crippen LogP contribution in [0.1, 0.15) is 92.6 Å². The van der Waals surface area contributed by atoms with Gasteiger partial charge in [0.05, 0.1) is 29.5 Å². The Kier molecular flexibility index (Phi) is 12.2. The van der Waals surface area contributed by atoms with E-state index in [4.69, 9.17) is 30.9 Å².